The van der Waals surface area contributed by atoms with Crippen LogP contribution in [0, 0.1) is 0 Å². The molecule has 0 saturated heterocycles. The number of ether oxygens (including phenoxy) is 1. The Bertz CT molecular complexity index is 1020. The molecule has 0 saturated carbocycles. The van der Waals surface area contributed by atoms with Crippen LogP contribution in [0.5, 0.6) is 0 Å². The third-order valence-electron chi connectivity index (χ3n) is 5.28. The van der Waals surface area contributed by atoms with Gasteiger partial charge in [-0.3, -0.25) is 4.79 Å². The monoisotopic (exact) mass is 456 g/mol. The molecule has 0 aliphatic heterocycles. The van der Waals surface area contributed by atoms with Crippen molar-refractivity contribution < 1.29 is 29.3 Å². The van der Waals surface area contributed by atoms with Crippen LogP contribution in [0.2, 0.25) is 0 Å². The summed E-state index contributed by atoms with van der Waals surface area (Å²) in [5.74, 6) is -0.390. The van der Waals surface area contributed by atoms with E-state index in [4.69, 9.17) is 9.84 Å². The van der Waals surface area contributed by atoms with Gasteiger partial charge in [0.15, 0.2) is 5.78 Å². The number of carbonyl (C=O) groups excluding carboxylic acids is 2. The van der Waals surface area contributed by atoms with Gasteiger partial charge in [-0.25, -0.2) is 9.59 Å². The van der Waals surface area contributed by atoms with Crippen LogP contribution in [-0.2, 0) is 22.4 Å². The van der Waals surface area contributed by atoms with Crippen LogP contribution in [0.15, 0.2) is 48.5 Å². The van der Waals surface area contributed by atoms with Crippen molar-refractivity contribution in [1.82, 2.24) is 10.6 Å². The number of rotatable bonds is 8. The minimum absolute atomic E-state index is 0.00844. The van der Waals surface area contributed by atoms with E-state index in [1.807, 2.05) is 32.0 Å². The second kappa shape index (κ2) is 9.62. The molecule has 0 atom stereocenters. The van der Waals surface area contributed by atoms with Gasteiger partial charge in [-0.1, -0.05) is 48.5 Å². The highest BCUT2D eigenvalue weighted by Crippen LogP contribution is 2.27. The number of amides is 2. The summed E-state index contributed by atoms with van der Waals surface area (Å²) < 4.78 is 5.33. The van der Waals surface area contributed by atoms with Gasteiger partial charge in [0.25, 0.3) is 0 Å². The summed E-state index contributed by atoms with van der Waals surface area (Å²) in [5, 5.41) is 24.2. The van der Waals surface area contributed by atoms with Crippen molar-refractivity contribution in [3.63, 3.8) is 0 Å². The van der Waals surface area contributed by atoms with E-state index >= 15 is 0 Å². The Morgan fingerprint density at radius 2 is 1.36 bits per heavy atom. The lowest BCUT2D eigenvalue weighted by atomic mass is 9.87. The summed E-state index contributed by atoms with van der Waals surface area (Å²) in [6.45, 7) is 10.0. The third-order valence-corrected chi connectivity index (χ3v) is 5.28. The highest BCUT2D eigenvalue weighted by Gasteiger charge is 2.28. The van der Waals surface area contributed by atoms with E-state index in [2.05, 4.69) is 10.6 Å². The molecule has 178 valence electrons. The van der Waals surface area contributed by atoms with Crippen LogP contribution in [0.1, 0.15) is 68.6 Å². The summed E-state index contributed by atoms with van der Waals surface area (Å²) >= 11 is 0. The Morgan fingerprint density at radius 3 is 1.85 bits per heavy atom. The molecule has 33 heavy (non-hydrogen) atoms. The topological polar surface area (TPSA) is 125 Å². The predicted octanol–water partition coefficient (Wildman–Crippen LogP) is 4.30. The molecule has 0 radical (unpaired) electrons. The number of ketones is 1. The standard InChI is InChI=1S/C25H32N2O6/c1-23(2,26-21(29)30)18-8-7-9-19(14-18)24(3,4)27-22(31)33-15-16-10-12-17(13-11-16)20(28)25(5,6)32/h7-14,26,32H,15H2,1-6H3,(H,27,31)(H,29,30). The summed E-state index contributed by atoms with van der Waals surface area (Å²) in [7, 11) is 0. The van der Waals surface area contributed by atoms with Gasteiger partial charge < -0.3 is 25.6 Å². The number of hydrogen-bond donors (Lipinski definition) is 4. The number of Topliss-reactive ketones (excluding diaryl/α,β-unsaturated/α-hetero) is 1. The highest BCUT2D eigenvalue weighted by atomic mass is 16.5. The van der Waals surface area contributed by atoms with Crippen LogP contribution in [0.25, 0.3) is 0 Å². The first kappa shape index (κ1) is 25.9. The van der Waals surface area contributed by atoms with Crippen LogP contribution < -0.4 is 10.6 Å². The molecule has 0 bridgehead atoms. The molecule has 4 N–H and O–H groups in total. The van der Waals surface area contributed by atoms with Gasteiger partial charge in [0.1, 0.15) is 12.2 Å². The van der Waals surface area contributed by atoms with Gasteiger partial charge in [-0.15, -0.1) is 0 Å². The van der Waals surface area contributed by atoms with E-state index in [9.17, 15) is 19.5 Å². The van der Waals surface area contributed by atoms with Crippen molar-refractivity contribution in [2.24, 2.45) is 0 Å². The number of benzene rings is 2. The summed E-state index contributed by atoms with van der Waals surface area (Å²) in [5.41, 5.74) is -0.444. The fraction of sp³-hybridized carbons (Fsp3) is 0.400. The molecule has 0 unspecified atom stereocenters. The number of carboxylic acid groups (broad SMARTS) is 1. The molecule has 8 heteroatoms. The van der Waals surface area contributed by atoms with E-state index in [0.717, 1.165) is 11.1 Å². The third kappa shape index (κ3) is 7.05. The Hall–Kier alpha value is -3.39. The molecular formula is C25H32N2O6. The molecule has 0 fully saturated rings. The van der Waals surface area contributed by atoms with E-state index in [-0.39, 0.29) is 6.61 Å². The predicted molar refractivity (Wildman–Crippen MR) is 124 cm³/mol. The number of carbonyl (C=O) groups is 3. The number of nitrogens with one attached hydrogen (secondary N) is 2. The molecule has 0 heterocycles. The average Bonchev–Trinajstić information content (AvgIpc) is 2.70. The number of alkyl carbamates (subject to hydrolysis) is 1. The minimum Gasteiger partial charge on any atom is -0.465 e. The maximum atomic E-state index is 12.4. The van der Waals surface area contributed by atoms with Crippen molar-refractivity contribution in [3.8, 4) is 0 Å². The molecule has 0 aliphatic rings. The van der Waals surface area contributed by atoms with Gasteiger partial charge in [0, 0.05) is 5.56 Å². The largest absolute Gasteiger partial charge is 0.465 e. The lowest BCUT2D eigenvalue weighted by Gasteiger charge is -2.30. The Balaban J connectivity index is 2.03. The van der Waals surface area contributed by atoms with E-state index in [0.29, 0.717) is 11.1 Å². The van der Waals surface area contributed by atoms with Crippen molar-refractivity contribution in [3.05, 3.63) is 70.8 Å². The zero-order chi connectivity index (χ0) is 25.0. The lowest BCUT2D eigenvalue weighted by molar-refractivity contribution is 0.0488. The maximum absolute atomic E-state index is 12.4. The molecule has 2 amide bonds. The number of aliphatic hydroxyl groups is 1. The summed E-state index contributed by atoms with van der Waals surface area (Å²) in [4.78, 5) is 35.6. The summed E-state index contributed by atoms with van der Waals surface area (Å²) in [6, 6.07) is 13.8. The van der Waals surface area contributed by atoms with Crippen LogP contribution >= 0.6 is 0 Å². The van der Waals surface area contributed by atoms with Crippen molar-refractivity contribution >= 4 is 18.0 Å². The second-order valence-electron chi connectivity index (χ2n) is 9.55. The van der Waals surface area contributed by atoms with Crippen molar-refractivity contribution in [2.75, 3.05) is 0 Å². The first-order valence-electron chi connectivity index (χ1n) is 10.5. The second-order valence-corrected chi connectivity index (χ2v) is 9.55. The average molecular weight is 457 g/mol. The van der Waals surface area contributed by atoms with Crippen molar-refractivity contribution in [2.45, 2.75) is 64.8 Å². The van der Waals surface area contributed by atoms with Gasteiger partial charge in [-0.05, 0) is 58.2 Å². The first-order chi connectivity index (χ1) is 15.1. The molecule has 0 spiro atoms. The molecular weight excluding hydrogens is 424 g/mol. The van der Waals surface area contributed by atoms with E-state index in [1.54, 1.807) is 44.2 Å². The van der Waals surface area contributed by atoms with E-state index in [1.165, 1.54) is 13.8 Å². The Labute approximate surface area is 194 Å². The summed E-state index contributed by atoms with van der Waals surface area (Å²) in [6.07, 6.45) is -1.74. The fourth-order valence-electron chi connectivity index (χ4n) is 3.25. The van der Waals surface area contributed by atoms with Gasteiger partial charge in [0.2, 0.25) is 0 Å². The van der Waals surface area contributed by atoms with Crippen LogP contribution in [0.3, 0.4) is 0 Å². The van der Waals surface area contributed by atoms with E-state index < -0.39 is 34.6 Å². The molecule has 2 aromatic carbocycles. The van der Waals surface area contributed by atoms with Gasteiger partial charge in [-0.2, -0.15) is 0 Å². The van der Waals surface area contributed by atoms with Crippen LogP contribution in [-0.4, -0.2) is 33.8 Å². The zero-order valence-corrected chi connectivity index (χ0v) is 19.9. The fourth-order valence-corrected chi connectivity index (χ4v) is 3.25. The Kier molecular flexibility index (Phi) is 7.54. The molecule has 8 nitrogen and oxygen atoms in total. The molecule has 0 aliphatic carbocycles. The molecule has 2 rings (SSSR count). The number of hydrogen-bond acceptors (Lipinski definition) is 5. The highest BCUT2D eigenvalue weighted by molar-refractivity contribution is 6.01. The van der Waals surface area contributed by atoms with Crippen LogP contribution in [0.4, 0.5) is 9.59 Å². The zero-order valence-electron chi connectivity index (χ0n) is 19.9. The normalized spacial score (nSPS) is 12.1. The van der Waals surface area contributed by atoms with Crippen molar-refractivity contribution in [1.29, 1.82) is 0 Å². The SMILES string of the molecule is CC(C)(O)C(=O)c1ccc(COC(=O)NC(C)(C)c2cccc(C(C)(C)NC(=O)O)c2)cc1. The Morgan fingerprint density at radius 1 is 0.848 bits per heavy atom. The van der Waals surface area contributed by atoms with Gasteiger partial charge >= 0.3 is 12.2 Å². The minimum atomic E-state index is -1.46. The van der Waals surface area contributed by atoms with Gasteiger partial charge in [0.05, 0.1) is 11.1 Å². The maximum Gasteiger partial charge on any atom is 0.408 e. The quantitative estimate of drug-likeness (QED) is 0.439. The smallest absolute Gasteiger partial charge is 0.408 e. The molecule has 2 aromatic rings. The molecule has 0 aromatic heterocycles. The lowest BCUT2D eigenvalue weighted by Crippen LogP contribution is -2.42. The first-order valence-corrected chi connectivity index (χ1v) is 10.5.